The number of rotatable bonds is 11. The molecule has 11 nitrogen and oxygen atoms in total. The summed E-state index contributed by atoms with van der Waals surface area (Å²) in [6.07, 6.45) is 2.12. The van der Waals surface area contributed by atoms with Crippen LogP contribution in [-0.2, 0) is 63.9 Å². The molecule has 0 saturated heterocycles. The summed E-state index contributed by atoms with van der Waals surface area (Å²) in [5.41, 5.74) is 41.0. The quantitative estimate of drug-likeness (QED) is 0.0915. The molecule has 13 aromatic carbocycles. The first-order valence-electron chi connectivity index (χ1n) is 49.4. The van der Waals surface area contributed by atoms with E-state index in [4.69, 9.17) is 0 Å². The molecule has 11 heteroatoms. The molecule has 0 fully saturated rings. The van der Waals surface area contributed by atoms with Crippen LogP contribution in [0.2, 0.25) is 0 Å². The van der Waals surface area contributed by atoms with Crippen molar-refractivity contribution in [3.8, 4) is 62.6 Å². The number of imidazole rings is 5. The Morgan fingerprint density at radius 2 is 0.701 bits per heavy atom. The topological polar surface area (TPSA) is 48.7 Å². The summed E-state index contributed by atoms with van der Waals surface area (Å²) in [5, 5.41) is 8.17. The van der Waals surface area contributed by atoms with E-state index >= 15 is 0 Å². The van der Waals surface area contributed by atoms with Crippen LogP contribution in [0.1, 0.15) is 207 Å². The summed E-state index contributed by atoms with van der Waals surface area (Å²) in [4.78, 5) is 0. The van der Waals surface area contributed by atoms with Gasteiger partial charge in [0.15, 0.2) is 50.2 Å². The SMILES string of the molecule is CC(C)c1cccc(C(C)C)c1-n1c(-c2cccn2C)[n+](C)c2ccccc21.Cc1cccc2c3cccc4c3[n+]3c(c(C)n(C)c3c12)C(C)(C)C4(C)C.Cc1cccc2c3cccc4c3n3c(c(-c5ccccc5)[n+](C)c3c12)C(C)(C)C4(C)C.Cc1ccccc1-c1n(-c2c(C(C)C)cccc2C(C)C)c2ccccc2[n+]1C.Cc1ccccc1-c1n(-c2ccccc2)c2ccccc2[n+]1C. The third-order valence-corrected chi connectivity index (χ3v) is 31.8. The van der Waals surface area contributed by atoms with E-state index in [-0.39, 0.29) is 21.7 Å². The maximum Gasteiger partial charge on any atom is 0.311 e. The summed E-state index contributed by atoms with van der Waals surface area (Å²) < 4.78 is 26.5. The minimum Gasteiger partial charge on any atom is -0.344 e. The standard InChI is InChI=1S/C29H29N2.C27H31N2.C25H30N3.C24H27N2.C21H19N2/c1-18-12-10-15-20-21-16-11-17-22-25(21)31-26(29(4,5)28(22,2)3)24(19-13-8-7-9-14-19)30(6)27(31)23(18)20;1-18(2)21-14-11-15-22(19(3)4)26(21)29-25-17-10-9-16-24(25)28(6)27(29)23-13-8-7-12-20(23)5;1-17(2)19-11-9-12-20(18(3)4)24(19)28-22-14-8-7-13-21(22)27(6)25(28)23-15-10-16-26(23)5;1-14-10-8-11-16-17-12-9-13-18-20(17)26-21(24(5,6)23(18,3)4)15(2)25(7)22(26)19(14)16;1-16-10-6-7-13-18(16)21-22(2)19-14-8-9-15-20(19)23(21)17-11-4-3-5-12-17/h7-17H,1-6H3;7-19H,1-6H3;7-18H,1-6H3;8-13H,1-7H3;3-15H,1-2H3/q5*+1. The zero-order chi connectivity index (χ0) is 96.8. The zero-order valence-corrected chi connectivity index (χ0v) is 85.7. The van der Waals surface area contributed by atoms with Crippen LogP contribution < -0.4 is 22.7 Å². The highest BCUT2D eigenvalue weighted by molar-refractivity contribution is 6.14. The first-order valence-corrected chi connectivity index (χ1v) is 49.4. The van der Waals surface area contributed by atoms with Gasteiger partial charge in [0.25, 0.3) is 22.9 Å². The van der Waals surface area contributed by atoms with Gasteiger partial charge in [-0.3, -0.25) is 0 Å². The second-order valence-corrected chi connectivity index (χ2v) is 42.1. The van der Waals surface area contributed by atoms with Gasteiger partial charge in [-0.2, -0.15) is 22.5 Å². The van der Waals surface area contributed by atoms with Gasteiger partial charge in [-0.1, -0.05) is 341 Å². The number of hydrogen-bond donors (Lipinski definition) is 0. The van der Waals surface area contributed by atoms with Crippen molar-refractivity contribution in [3.63, 3.8) is 0 Å². The second-order valence-electron chi connectivity index (χ2n) is 42.1. The summed E-state index contributed by atoms with van der Waals surface area (Å²) in [5.74, 6) is 5.43. The number of para-hydroxylation sites is 11. The molecular weight excluding hydrogens is 1670 g/mol. The highest BCUT2D eigenvalue weighted by Gasteiger charge is 2.54. The third-order valence-electron chi connectivity index (χ3n) is 31.8. The average molecular weight is 1800 g/mol. The molecule has 690 valence electrons. The minimum absolute atomic E-state index is 0.0121. The van der Waals surface area contributed by atoms with Crippen molar-refractivity contribution in [2.45, 2.75) is 191 Å². The minimum atomic E-state index is -0.0556. The Kier molecular flexibility index (Phi) is 23.5. The highest BCUT2D eigenvalue weighted by atomic mass is 15.2. The van der Waals surface area contributed by atoms with Crippen molar-refractivity contribution >= 4 is 87.7 Å². The molecule has 0 bridgehead atoms. The van der Waals surface area contributed by atoms with Gasteiger partial charge >= 0.3 is 5.82 Å². The second kappa shape index (κ2) is 35.0. The van der Waals surface area contributed by atoms with E-state index in [1.165, 1.54) is 223 Å². The van der Waals surface area contributed by atoms with E-state index in [0.29, 0.717) is 23.7 Å². The number of nitrogens with zero attached hydrogens (tertiary/aromatic N) is 11. The van der Waals surface area contributed by atoms with Gasteiger partial charge in [-0.25, -0.2) is 22.8 Å². The van der Waals surface area contributed by atoms with E-state index in [0.717, 1.165) is 0 Å². The van der Waals surface area contributed by atoms with Crippen LogP contribution in [0.25, 0.3) is 150 Å². The Morgan fingerprint density at radius 3 is 1.19 bits per heavy atom. The predicted molar refractivity (Wildman–Crippen MR) is 573 cm³/mol. The van der Waals surface area contributed by atoms with Crippen molar-refractivity contribution in [3.05, 3.63) is 382 Å². The molecule has 2 aliphatic rings. The molecule has 0 spiro atoms. The molecule has 21 aromatic rings. The molecule has 8 aromatic heterocycles. The molecule has 2 aliphatic heterocycles. The lowest BCUT2D eigenvalue weighted by atomic mass is 9.60. The van der Waals surface area contributed by atoms with Gasteiger partial charge in [-0.15, -0.1) is 0 Å². The Bertz CT molecular complexity index is 8290. The van der Waals surface area contributed by atoms with Crippen LogP contribution in [-0.4, -0.2) is 27.2 Å². The summed E-state index contributed by atoms with van der Waals surface area (Å²) in [6, 6.07) is 110. The number of fused-ring (bicyclic) bond motifs is 9. The Hall–Kier alpha value is -14.0. The van der Waals surface area contributed by atoms with Crippen molar-refractivity contribution < 1.29 is 22.7 Å². The largest absolute Gasteiger partial charge is 0.344 e. The molecule has 10 heterocycles. The van der Waals surface area contributed by atoms with E-state index in [1.807, 2.05) is 0 Å². The average Bonchev–Trinajstić information content (AvgIpc) is 1.54. The van der Waals surface area contributed by atoms with E-state index in [2.05, 4.69) is 547 Å². The molecule has 137 heavy (non-hydrogen) atoms. The number of hydrogen-bond acceptors (Lipinski definition) is 0. The Labute approximate surface area is 810 Å². The Balaban J connectivity index is 0.000000110. The fraction of sp³-hybridized carbons (Fsp3) is 0.278. The van der Waals surface area contributed by atoms with Crippen LogP contribution in [0.5, 0.6) is 0 Å². The lowest BCUT2D eigenvalue weighted by molar-refractivity contribution is -0.634. The van der Waals surface area contributed by atoms with Gasteiger partial charge in [0.2, 0.25) is 0 Å². The normalized spacial score (nSPS) is 13.9. The molecule has 0 saturated carbocycles. The van der Waals surface area contributed by atoms with Crippen LogP contribution in [0.3, 0.4) is 0 Å². The van der Waals surface area contributed by atoms with Crippen molar-refractivity contribution in [1.82, 2.24) is 27.2 Å². The number of benzene rings is 13. The molecule has 0 N–H and O–H groups in total. The van der Waals surface area contributed by atoms with Gasteiger partial charge in [0.1, 0.15) is 39.5 Å². The molecule has 0 amide bonds. The summed E-state index contributed by atoms with van der Waals surface area (Å²) >= 11 is 0. The zero-order valence-electron chi connectivity index (χ0n) is 85.7. The lowest BCUT2D eigenvalue weighted by Crippen LogP contribution is -2.51. The fourth-order valence-corrected chi connectivity index (χ4v) is 23.3. The first-order chi connectivity index (χ1) is 65.6. The molecule has 0 atom stereocenters. The number of aryl methyl sites for hydroxylation is 10. The van der Waals surface area contributed by atoms with Crippen LogP contribution in [0.15, 0.2) is 310 Å². The summed E-state index contributed by atoms with van der Waals surface area (Å²) in [7, 11) is 13.1. The molecule has 0 aliphatic carbocycles. The highest BCUT2D eigenvalue weighted by Crippen LogP contribution is 2.55. The maximum absolute atomic E-state index is 2.59. The predicted octanol–water partition coefficient (Wildman–Crippen LogP) is 28.7. The van der Waals surface area contributed by atoms with Gasteiger partial charge in [0, 0.05) is 102 Å². The monoisotopic (exact) mass is 1800 g/mol. The van der Waals surface area contributed by atoms with Gasteiger partial charge in [0.05, 0.1) is 57.1 Å². The van der Waals surface area contributed by atoms with Crippen LogP contribution in [0.4, 0.5) is 0 Å². The Morgan fingerprint density at radius 1 is 0.314 bits per heavy atom. The van der Waals surface area contributed by atoms with Gasteiger partial charge < -0.3 is 4.57 Å². The van der Waals surface area contributed by atoms with Crippen LogP contribution in [0, 0.1) is 34.6 Å². The van der Waals surface area contributed by atoms with Crippen molar-refractivity contribution in [2.24, 2.45) is 42.3 Å². The van der Waals surface area contributed by atoms with Crippen LogP contribution >= 0.6 is 0 Å². The molecule has 0 radical (unpaired) electrons. The third kappa shape index (κ3) is 14.4. The summed E-state index contributed by atoms with van der Waals surface area (Å²) in [6.45, 7) is 48.8. The molecule has 0 unspecified atom stereocenters. The van der Waals surface area contributed by atoms with Crippen molar-refractivity contribution in [1.29, 1.82) is 0 Å². The van der Waals surface area contributed by atoms with E-state index in [9.17, 15) is 0 Å². The van der Waals surface area contributed by atoms with Gasteiger partial charge in [-0.05, 0) is 146 Å². The maximum atomic E-state index is 2.59. The molecule has 23 rings (SSSR count). The molecular formula is C126H136N11+5. The smallest absolute Gasteiger partial charge is 0.311 e. The van der Waals surface area contributed by atoms with E-state index < -0.39 is 0 Å². The van der Waals surface area contributed by atoms with Crippen molar-refractivity contribution in [2.75, 3.05) is 0 Å². The first kappa shape index (κ1) is 92.1. The van der Waals surface area contributed by atoms with E-state index in [1.54, 1.807) is 0 Å². The number of pyridine rings is 2. The number of aromatic nitrogens is 11. The lowest BCUT2D eigenvalue weighted by Gasteiger charge is -2.43. The fourth-order valence-electron chi connectivity index (χ4n) is 23.3.